The van der Waals surface area contributed by atoms with E-state index in [1.165, 1.54) is 11.1 Å². The topological polar surface area (TPSA) is 50.9 Å². The summed E-state index contributed by atoms with van der Waals surface area (Å²) in [6, 6.07) is 9.97. The molecule has 0 saturated carbocycles. The Balaban J connectivity index is 2.07. The highest BCUT2D eigenvalue weighted by molar-refractivity contribution is 6.33. The van der Waals surface area contributed by atoms with Crippen molar-refractivity contribution in [1.29, 1.82) is 0 Å². The smallest absolute Gasteiger partial charge is 0.145 e. The van der Waals surface area contributed by atoms with Crippen LogP contribution in [-0.4, -0.2) is 4.98 Å². The van der Waals surface area contributed by atoms with Gasteiger partial charge in [-0.3, -0.25) is 0 Å². The fraction of sp³-hybridized carbons (Fsp3) is 0.154. The van der Waals surface area contributed by atoms with Crippen molar-refractivity contribution in [2.24, 2.45) is 0 Å². The Morgan fingerprint density at radius 1 is 1.35 bits per heavy atom. The molecule has 88 valence electrons. The standard InChI is InChI=1S/C13H14ClN3/c1-9-3-2-4-10(5-9)7-16-13-12(14)6-11(15)8-17-13/h2-6,8H,7,15H2,1H3,(H,16,17). The zero-order chi connectivity index (χ0) is 12.3. The summed E-state index contributed by atoms with van der Waals surface area (Å²) in [5.41, 5.74) is 8.58. The van der Waals surface area contributed by atoms with Gasteiger partial charge in [-0.2, -0.15) is 0 Å². The van der Waals surface area contributed by atoms with Crippen molar-refractivity contribution in [3.8, 4) is 0 Å². The van der Waals surface area contributed by atoms with Crippen LogP contribution in [0.5, 0.6) is 0 Å². The molecule has 0 radical (unpaired) electrons. The Hall–Kier alpha value is -1.74. The number of hydrogen-bond acceptors (Lipinski definition) is 3. The SMILES string of the molecule is Cc1cccc(CNc2ncc(N)cc2Cl)c1. The Bertz CT molecular complexity index is 526. The van der Waals surface area contributed by atoms with Crippen LogP contribution >= 0.6 is 11.6 Å². The maximum absolute atomic E-state index is 6.02. The minimum Gasteiger partial charge on any atom is -0.397 e. The molecule has 0 unspecified atom stereocenters. The number of aryl methyl sites for hydroxylation is 1. The number of nitrogens with two attached hydrogens (primary N) is 1. The van der Waals surface area contributed by atoms with Crippen LogP contribution in [0.15, 0.2) is 36.5 Å². The summed E-state index contributed by atoms with van der Waals surface area (Å²) in [5.74, 6) is 0.655. The number of hydrogen-bond donors (Lipinski definition) is 2. The molecule has 1 aromatic heterocycles. The molecule has 3 N–H and O–H groups in total. The molecule has 4 heteroatoms. The fourth-order valence-electron chi connectivity index (χ4n) is 1.59. The van der Waals surface area contributed by atoms with Crippen molar-refractivity contribution in [1.82, 2.24) is 4.98 Å². The fourth-order valence-corrected chi connectivity index (χ4v) is 1.83. The first-order valence-corrected chi connectivity index (χ1v) is 5.73. The van der Waals surface area contributed by atoms with Gasteiger partial charge in [-0.25, -0.2) is 4.98 Å². The number of nitrogens with one attached hydrogen (secondary N) is 1. The summed E-state index contributed by atoms with van der Waals surface area (Å²) < 4.78 is 0. The average molecular weight is 248 g/mol. The molecule has 0 bridgehead atoms. The molecule has 1 aromatic carbocycles. The number of rotatable bonds is 3. The lowest BCUT2D eigenvalue weighted by atomic mass is 10.1. The second kappa shape index (κ2) is 5.06. The van der Waals surface area contributed by atoms with Crippen molar-refractivity contribution in [3.63, 3.8) is 0 Å². The number of nitrogens with zero attached hydrogens (tertiary/aromatic N) is 1. The van der Waals surface area contributed by atoms with Crippen LogP contribution < -0.4 is 11.1 Å². The predicted molar refractivity (Wildman–Crippen MR) is 72.2 cm³/mol. The summed E-state index contributed by atoms with van der Waals surface area (Å²) in [6.07, 6.45) is 1.59. The number of aromatic nitrogens is 1. The number of anilines is 2. The van der Waals surface area contributed by atoms with Crippen LogP contribution in [0.25, 0.3) is 0 Å². The van der Waals surface area contributed by atoms with Crippen molar-refractivity contribution in [2.45, 2.75) is 13.5 Å². The lowest BCUT2D eigenvalue weighted by molar-refractivity contribution is 1.11. The van der Waals surface area contributed by atoms with Gasteiger partial charge in [-0.1, -0.05) is 41.4 Å². The van der Waals surface area contributed by atoms with E-state index in [-0.39, 0.29) is 0 Å². The van der Waals surface area contributed by atoms with Crippen LogP contribution in [0.1, 0.15) is 11.1 Å². The third-order valence-electron chi connectivity index (χ3n) is 2.40. The van der Waals surface area contributed by atoms with Gasteiger partial charge in [0.15, 0.2) is 0 Å². The van der Waals surface area contributed by atoms with Gasteiger partial charge < -0.3 is 11.1 Å². The maximum Gasteiger partial charge on any atom is 0.145 e. The molecule has 0 saturated heterocycles. The van der Waals surface area contributed by atoms with Gasteiger partial charge in [-0.05, 0) is 18.6 Å². The molecule has 3 nitrogen and oxygen atoms in total. The number of halogens is 1. The molecule has 0 fully saturated rings. The van der Waals surface area contributed by atoms with E-state index >= 15 is 0 Å². The van der Waals surface area contributed by atoms with E-state index in [0.29, 0.717) is 23.1 Å². The predicted octanol–water partition coefficient (Wildman–Crippen LogP) is 3.24. The molecule has 1 heterocycles. The third kappa shape index (κ3) is 3.11. The lowest BCUT2D eigenvalue weighted by Crippen LogP contribution is -2.02. The summed E-state index contributed by atoms with van der Waals surface area (Å²) in [7, 11) is 0. The summed E-state index contributed by atoms with van der Waals surface area (Å²) in [5, 5.41) is 3.72. The first kappa shape index (κ1) is 11.7. The van der Waals surface area contributed by atoms with Gasteiger partial charge >= 0.3 is 0 Å². The third-order valence-corrected chi connectivity index (χ3v) is 2.69. The van der Waals surface area contributed by atoms with Crippen molar-refractivity contribution in [3.05, 3.63) is 52.7 Å². The summed E-state index contributed by atoms with van der Waals surface area (Å²) in [4.78, 5) is 4.15. The van der Waals surface area contributed by atoms with Gasteiger partial charge in [0.05, 0.1) is 16.9 Å². The van der Waals surface area contributed by atoms with E-state index in [2.05, 4.69) is 35.4 Å². The van der Waals surface area contributed by atoms with Crippen LogP contribution in [0.2, 0.25) is 5.02 Å². The van der Waals surface area contributed by atoms with Crippen LogP contribution in [-0.2, 0) is 6.54 Å². The molecule has 0 atom stereocenters. The Morgan fingerprint density at radius 3 is 2.88 bits per heavy atom. The highest BCUT2D eigenvalue weighted by Gasteiger charge is 2.02. The van der Waals surface area contributed by atoms with E-state index in [9.17, 15) is 0 Å². The first-order chi connectivity index (χ1) is 8.15. The second-order valence-electron chi connectivity index (χ2n) is 3.94. The van der Waals surface area contributed by atoms with E-state index < -0.39 is 0 Å². The summed E-state index contributed by atoms with van der Waals surface area (Å²) in [6.45, 7) is 2.76. The van der Waals surface area contributed by atoms with E-state index in [1.54, 1.807) is 12.3 Å². The highest BCUT2D eigenvalue weighted by atomic mass is 35.5. The Kier molecular flexibility index (Phi) is 3.49. The van der Waals surface area contributed by atoms with Crippen LogP contribution in [0.4, 0.5) is 11.5 Å². The molecule has 0 aliphatic carbocycles. The Labute approximate surface area is 106 Å². The maximum atomic E-state index is 6.02. The van der Waals surface area contributed by atoms with Gasteiger partial charge in [0, 0.05) is 6.54 Å². The lowest BCUT2D eigenvalue weighted by Gasteiger charge is -2.08. The molecular formula is C13H14ClN3. The molecular weight excluding hydrogens is 234 g/mol. The molecule has 2 rings (SSSR count). The van der Waals surface area contributed by atoms with Gasteiger partial charge in [-0.15, -0.1) is 0 Å². The summed E-state index contributed by atoms with van der Waals surface area (Å²) >= 11 is 6.02. The number of benzene rings is 1. The molecule has 0 aliphatic heterocycles. The number of pyridine rings is 1. The van der Waals surface area contributed by atoms with Crippen molar-refractivity contribution < 1.29 is 0 Å². The van der Waals surface area contributed by atoms with Crippen molar-refractivity contribution >= 4 is 23.1 Å². The van der Waals surface area contributed by atoms with Crippen LogP contribution in [0, 0.1) is 6.92 Å². The van der Waals surface area contributed by atoms with Crippen molar-refractivity contribution in [2.75, 3.05) is 11.1 Å². The molecule has 0 aliphatic rings. The van der Waals surface area contributed by atoms with Gasteiger partial charge in [0.25, 0.3) is 0 Å². The molecule has 17 heavy (non-hydrogen) atoms. The van der Waals surface area contributed by atoms with E-state index in [4.69, 9.17) is 17.3 Å². The monoisotopic (exact) mass is 247 g/mol. The minimum atomic E-state index is 0.539. The second-order valence-corrected chi connectivity index (χ2v) is 4.35. The minimum absolute atomic E-state index is 0.539. The largest absolute Gasteiger partial charge is 0.397 e. The Morgan fingerprint density at radius 2 is 2.18 bits per heavy atom. The molecule has 2 aromatic rings. The van der Waals surface area contributed by atoms with E-state index in [1.807, 2.05) is 6.07 Å². The van der Waals surface area contributed by atoms with Gasteiger partial charge in [0.1, 0.15) is 5.82 Å². The normalized spacial score (nSPS) is 10.2. The highest BCUT2D eigenvalue weighted by Crippen LogP contribution is 2.21. The molecule has 0 spiro atoms. The zero-order valence-corrected chi connectivity index (χ0v) is 10.3. The quantitative estimate of drug-likeness (QED) is 0.876. The van der Waals surface area contributed by atoms with Gasteiger partial charge in [0.2, 0.25) is 0 Å². The zero-order valence-electron chi connectivity index (χ0n) is 9.57. The average Bonchev–Trinajstić information content (AvgIpc) is 2.28. The molecule has 0 amide bonds. The van der Waals surface area contributed by atoms with Crippen LogP contribution in [0.3, 0.4) is 0 Å². The number of nitrogen functional groups attached to an aromatic ring is 1. The van der Waals surface area contributed by atoms with E-state index in [0.717, 1.165) is 0 Å². The first-order valence-electron chi connectivity index (χ1n) is 5.35.